The number of halogens is 2. The lowest BCUT2D eigenvalue weighted by molar-refractivity contribution is -0.384. The van der Waals surface area contributed by atoms with E-state index in [-0.39, 0.29) is 17.9 Å². The molecule has 7 nitrogen and oxygen atoms in total. The second kappa shape index (κ2) is 10.6. The number of nitriles is 1. The fraction of sp³-hybridized carbons (Fsp3) is 0.0833. The number of hydrogen-bond donors (Lipinski definition) is 1. The number of non-ortho nitro benzene ring substituents is 1. The Morgan fingerprint density at radius 1 is 1.18 bits per heavy atom. The number of nitro benzene ring substituents is 1. The molecule has 0 radical (unpaired) electrons. The molecule has 1 amide bonds. The molecule has 0 bridgehead atoms. The van der Waals surface area contributed by atoms with Crippen LogP contribution in [0.15, 0.2) is 66.2 Å². The van der Waals surface area contributed by atoms with Crippen LogP contribution in [-0.2, 0) is 11.4 Å². The van der Waals surface area contributed by atoms with Crippen molar-refractivity contribution in [3.8, 4) is 11.8 Å². The van der Waals surface area contributed by atoms with Gasteiger partial charge in [0.2, 0.25) is 0 Å². The average Bonchev–Trinajstić information content (AvgIpc) is 2.80. The highest BCUT2D eigenvalue weighted by Crippen LogP contribution is 2.28. The van der Waals surface area contributed by atoms with Crippen molar-refractivity contribution in [2.75, 3.05) is 5.32 Å². The van der Waals surface area contributed by atoms with Gasteiger partial charge < -0.3 is 10.1 Å². The molecule has 33 heavy (non-hydrogen) atoms. The summed E-state index contributed by atoms with van der Waals surface area (Å²) in [6, 6.07) is 17.8. The van der Waals surface area contributed by atoms with Crippen LogP contribution in [0.25, 0.3) is 6.08 Å². The van der Waals surface area contributed by atoms with Gasteiger partial charge in [0.05, 0.1) is 4.92 Å². The predicted octanol–water partition coefficient (Wildman–Crippen LogP) is 6.33. The Bertz CT molecular complexity index is 1300. The molecule has 0 fully saturated rings. The molecule has 0 saturated carbocycles. The van der Waals surface area contributed by atoms with Crippen LogP contribution in [-0.4, -0.2) is 10.8 Å². The fourth-order valence-corrected chi connectivity index (χ4v) is 3.28. The second-order valence-corrected chi connectivity index (χ2v) is 7.78. The maximum atomic E-state index is 12.7. The molecule has 9 heteroatoms. The average molecular weight is 482 g/mol. The molecule has 0 spiro atoms. The fourth-order valence-electron chi connectivity index (χ4n) is 2.92. The number of nitrogens with one attached hydrogen (secondary N) is 1. The Kier molecular flexibility index (Phi) is 7.67. The Labute approximate surface area is 200 Å². The van der Waals surface area contributed by atoms with Gasteiger partial charge in [-0.15, -0.1) is 0 Å². The van der Waals surface area contributed by atoms with E-state index in [1.165, 1.54) is 18.2 Å². The highest BCUT2D eigenvalue weighted by atomic mass is 35.5. The molecule has 3 rings (SSSR count). The molecule has 0 atom stereocenters. The van der Waals surface area contributed by atoms with Gasteiger partial charge in [-0.2, -0.15) is 5.26 Å². The first-order chi connectivity index (χ1) is 15.8. The van der Waals surface area contributed by atoms with E-state index in [9.17, 15) is 20.2 Å². The summed E-state index contributed by atoms with van der Waals surface area (Å²) in [7, 11) is 0. The number of nitrogens with zero attached hydrogens (tertiary/aromatic N) is 2. The van der Waals surface area contributed by atoms with E-state index in [0.717, 1.165) is 0 Å². The molecule has 166 valence electrons. The zero-order chi connectivity index (χ0) is 24.0. The lowest BCUT2D eigenvalue weighted by atomic mass is 10.1. The summed E-state index contributed by atoms with van der Waals surface area (Å²) in [5.41, 5.74) is 1.94. The standard InChI is InChI=1S/C24H17Cl2N3O4/c1-15-21(26)6-3-7-22(15)28-24(30)18(13-27)11-17-12-19(25)8-9-23(17)33-14-16-4-2-5-20(10-16)29(31)32/h2-12H,14H2,1H3,(H,28,30)/b18-11+. The minimum atomic E-state index is -0.618. The van der Waals surface area contributed by atoms with E-state index >= 15 is 0 Å². The first-order valence-corrected chi connectivity index (χ1v) is 10.4. The minimum absolute atomic E-state index is 0.0416. The van der Waals surface area contributed by atoms with Crippen molar-refractivity contribution in [2.24, 2.45) is 0 Å². The van der Waals surface area contributed by atoms with Crippen LogP contribution in [0.5, 0.6) is 5.75 Å². The highest BCUT2D eigenvalue weighted by molar-refractivity contribution is 6.32. The largest absolute Gasteiger partial charge is 0.488 e. The Hall–Kier alpha value is -3.86. The SMILES string of the molecule is Cc1c(Cl)cccc1NC(=O)/C(C#N)=C/c1cc(Cl)ccc1OCc1cccc([N+](=O)[O-])c1. The van der Waals surface area contributed by atoms with Crippen molar-refractivity contribution in [2.45, 2.75) is 13.5 Å². The van der Waals surface area contributed by atoms with E-state index in [1.54, 1.807) is 55.5 Å². The number of hydrogen-bond acceptors (Lipinski definition) is 5. The van der Waals surface area contributed by atoms with Crippen molar-refractivity contribution in [3.63, 3.8) is 0 Å². The van der Waals surface area contributed by atoms with Crippen LogP contribution in [0.2, 0.25) is 10.0 Å². The van der Waals surface area contributed by atoms with Crippen LogP contribution >= 0.6 is 23.2 Å². The summed E-state index contributed by atoms with van der Waals surface area (Å²) in [4.78, 5) is 23.2. The van der Waals surface area contributed by atoms with Gasteiger partial charge in [-0.25, -0.2) is 0 Å². The van der Waals surface area contributed by atoms with Crippen LogP contribution in [0.4, 0.5) is 11.4 Å². The smallest absolute Gasteiger partial charge is 0.269 e. The number of carbonyl (C=O) groups excluding carboxylic acids is 1. The van der Waals surface area contributed by atoms with E-state index in [0.29, 0.717) is 38.2 Å². The van der Waals surface area contributed by atoms with Crippen molar-refractivity contribution in [3.05, 3.63) is 103 Å². The van der Waals surface area contributed by atoms with Crippen LogP contribution in [0.1, 0.15) is 16.7 Å². The van der Waals surface area contributed by atoms with Gasteiger partial charge in [-0.1, -0.05) is 41.4 Å². The monoisotopic (exact) mass is 481 g/mol. The third kappa shape index (κ3) is 6.10. The molecule has 1 N–H and O–H groups in total. The van der Waals surface area contributed by atoms with Crippen molar-refractivity contribution >= 4 is 46.6 Å². The molecule has 0 aromatic heterocycles. The van der Waals surface area contributed by atoms with E-state index < -0.39 is 10.8 Å². The van der Waals surface area contributed by atoms with Crippen molar-refractivity contribution < 1.29 is 14.5 Å². The van der Waals surface area contributed by atoms with Gasteiger partial charge in [0.15, 0.2) is 0 Å². The number of anilines is 1. The predicted molar refractivity (Wildman–Crippen MR) is 127 cm³/mol. The van der Waals surface area contributed by atoms with E-state index in [4.69, 9.17) is 27.9 Å². The van der Waals surface area contributed by atoms with E-state index in [2.05, 4.69) is 5.32 Å². The quantitative estimate of drug-likeness (QED) is 0.183. The molecule has 0 aliphatic rings. The van der Waals surface area contributed by atoms with Gasteiger partial charge in [-0.05, 0) is 54.5 Å². The Morgan fingerprint density at radius 3 is 2.67 bits per heavy atom. The third-order valence-corrected chi connectivity index (χ3v) is 5.31. The summed E-state index contributed by atoms with van der Waals surface area (Å²) in [6.07, 6.45) is 1.36. The maximum Gasteiger partial charge on any atom is 0.269 e. The lowest BCUT2D eigenvalue weighted by Gasteiger charge is -2.11. The molecular formula is C24H17Cl2N3O4. The van der Waals surface area contributed by atoms with Crippen LogP contribution in [0, 0.1) is 28.4 Å². The third-order valence-electron chi connectivity index (χ3n) is 4.67. The number of ether oxygens (including phenoxy) is 1. The maximum absolute atomic E-state index is 12.7. The lowest BCUT2D eigenvalue weighted by Crippen LogP contribution is -2.14. The normalized spacial score (nSPS) is 10.9. The zero-order valence-corrected chi connectivity index (χ0v) is 18.9. The molecular weight excluding hydrogens is 465 g/mol. The summed E-state index contributed by atoms with van der Waals surface area (Å²) in [5.74, 6) is -0.266. The number of rotatable bonds is 7. The zero-order valence-electron chi connectivity index (χ0n) is 17.3. The number of carbonyl (C=O) groups is 1. The number of nitro groups is 1. The van der Waals surface area contributed by atoms with Gasteiger partial charge in [0.1, 0.15) is 24.0 Å². The van der Waals surface area contributed by atoms with Gasteiger partial charge in [-0.3, -0.25) is 14.9 Å². The van der Waals surface area contributed by atoms with Crippen LogP contribution in [0.3, 0.4) is 0 Å². The molecule has 3 aromatic rings. The summed E-state index contributed by atoms with van der Waals surface area (Å²) >= 11 is 12.2. The summed E-state index contributed by atoms with van der Waals surface area (Å²) in [6.45, 7) is 1.80. The first kappa shape index (κ1) is 23.8. The second-order valence-electron chi connectivity index (χ2n) is 6.93. The minimum Gasteiger partial charge on any atom is -0.488 e. The summed E-state index contributed by atoms with van der Waals surface area (Å²) in [5, 5.41) is 24.1. The van der Waals surface area contributed by atoms with Gasteiger partial charge in [0, 0.05) is 33.4 Å². The molecule has 0 aliphatic heterocycles. The van der Waals surface area contributed by atoms with Crippen molar-refractivity contribution in [1.29, 1.82) is 5.26 Å². The van der Waals surface area contributed by atoms with Gasteiger partial charge in [0.25, 0.3) is 11.6 Å². The number of benzene rings is 3. The first-order valence-electron chi connectivity index (χ1n) is 9.62. The molecule has 0 aliphatic carbocycles. The Morgan fingerprint density at radius 2 is 1.94 bits per heavy atom. The van der Waals surface area contributed by atoms with Crippen molar-refractivity contribution in [1.82, 2.24) is 0 Å². The topological polar surface area (TPSA) is 105 Å². The van der Waals surface area contributed by atoms with Gasteiger partial charge >= 0.3 is 0 Å². The molecule has 0 unspecified atom stereocenters. The van der Waals surface area contributed by atoms with E-state index in [1.807, 2.05) is 6.07 Å². The Balaban J connectivity index is 1.85. The molecule has 3 aromatic carbocycles. The molecule has 0 heterocycles. The molecule has 0 saturated heterocycles. The van der Waals surface area contributed by atoms with Crippen LogP contribution < -0.4 is 10.1 Å². The highest BCUT2D eigenvalue weighted by Gasteiger charge is 2.14. The number of amides is 1. The summed E-state index contributed by atoms with van der Waals surface area (Å²) < 4.78 is 5.81.